The van der Waals surface area contributed by atoms with Gasteiger partial charge < -0.3 is 5.32 Å². The summed E-state index contributed by atoms with van der Waals surface area (Å²) in [5.41, 5.74) is -0.815. The predicted octanol–water partition coefficient (Wildman–Crippen LogP) is 1.17. The average Bonchev–Trinajstić information content (AvgIpc) is 2.22. The van der Waals surface area contributed by atoms with E-state index in [2.05, 4.69) is 5.32 Å². The molecule has 0 heterocycles. The van der Waals surface area contributed by atoms with Crippen LogP contribution in [0, 0.1) is 21.3 Å². The zero-order valence-electron chi connectivity index (χ0n) is 7.86. The van der Waals surface area contributed by atoms with Crippen molar-refractivity contribution in [2.45, 2.75) is 0 Å². The van der Waals surface area contributed by atoms with Crippen molar-refractivity contribution in [3.8, 4) is 0 Å². The van der Waals surface area contributed by atoms with Crippen molar-refractivity contribution in [1.29, 1.82) is 5.41 Å². The minimum atomic E-state index is -1.08. The van der Waals surface area contributed by atoms with E-state index in [9.17, 15) is 19.3 Å². The van der Waals surface area contributed by atoms with Crippen molar-refractivity contribution in [3.63, 3.8) is 0 Å². The van der Waals surface area contributed by atoms with E-state index >= 15 is 0 Å². The molecule has 0 spiro atoms. The number of nitro groups is 1. The third-order valence-corrected chi connectivity index (χ3v) is 1.62. The summed E-state index contributed by atoms with van der Waals surface area (Å²) in [5, 5.41) is 19.0. The molecule has 0 bridgehead atoms. The van der Waals surface area contributed by atoms with Gasteiger partial charge in [0.2, 0.25) is 0 Å². The molecule has 0 aliphatic heterocycles. The van der Waals surface area contributed by atoms with Crippen LogP contribution < -0.4 is 5.32 Å². The third kappa shape index (κ3) is 2.73. The molecule has 7 heteroatoms. The zero-order valence-corrected chi connectivity index (χ0v) is 7.86. The molecule has 0 aliphatic carbocycles. The number of hydrogen-bond donors (Lipinski definition) is 2. The van der Waals surface area contributed by atoms with Crippen molar-refractivity contribution in [2.24, 2.45) is 0 Å². The topological polar surface area (TPSA) is 96.1 Å². The van der Waals surface area contributed by atoms with E-state index < -0.39 is 22.3 Å². The highest BCUT2D eigenvalue weighted by Gasteiger charge is 2.21. The molecule has 2 N–H and O–H groups in total. The molecular formula is C9H6FN3O3. The minimum Gasteiger partial charge on any atom is -0.316 e. The second kappa shape index (κ2) is 4.81. The van der Waals surface area contributed by atoms with Crippen LogP contribution >= 0.6 is 0 Å². The Balaban J connectivity index is 2.83. The van der Waals surface area contributed by atoms with Crippen LogP contribution in [0.1, 0.15) is 0 Å². The summed E-state index contributed by atoms with van der Waals surface area (Å²) >= 11 is 0. The molecular weight excluding hydrogens is 217 g/mol. The van der Waals surface area contributed by atoms with Gasteiger partial charge >= 0.3 is 11.6 Å². The Bertz CT molecular complexity index is 477. The maximum atomic E-state index is 12.5. The minimum absolute atomic E-state index is 0.195. The largest absolute Gasteiger partial charge is 0.394 e. The Morgan fingerprint density at radius 2 is 2.00 bits per heavy atom. The number of rotatable bonds is 3. The Labute approximate surface area is 89.1 Å². The highest BCUT2D eigenvalue weighted by atomic mass is 19.1. The van der Waals surface area contributed by atoms with Gasteiger partial charge in [-0.05, 0) is 24.3 Å². The maximum Gasteiger partial charge on any atom is 0.394 e. The number of nitrogens with zero attached hydrogens (tertiary/aromatic N) is 1. The molecule has 1 aromatic carbocycles. The van der Waals surface area contributed by atoms with Crippen LogP contribution in [0.4, 0.5) is 10.1 Å². The first-order chi connectivity index (χ1) is 7.54. The van der Waals surface area contributed by atoms with Crippen molar-refractivity contribution in [2.75, 3.05) is 5.32 Å². The lowest BCUT2D eigenvalue weighted by atomic mass is 10.3. The summed E-state index contributed by atoms with van der Waals surface area (Å²) in [7, 11) is 0. The molecule has 1 amide bonds. The molecule has 0 unspecified atom stereocenters. The standard InChI is InChI=1S/C9H6FN3O3/c10-6-1-3-7(4-2-6)12-9(14)8(5-11)13(15)16/h1-4,11H,(H,12,14). The molecule has 0 atom stereocenters. The fraction of sp³-hybridized carbons (Fsp3) is 0. The SMILES string of the molecule is N=C=C(C(=O)Nc1ccc(F)cc1)[N+](=O)[O-]. The smallest absolute Gasteiger partial charge is 0.316 e. The number of halogens is 1. The van der Waals surface area contributed by atoms with Crippen molar-refractivity contribution in [3.05, 3.63) is 45.9 Å². The van der Waals surface area contributed by atoms with Gasteiger partial charge in [0.05, 0.1) is 10.8 Å². The monoisotopic (exact) mass is 223 g/mol. The van der Waals surface area contributed by atoms with Crippen LogP contribution in [0.2, 0.25) is 0 Å². The van der Waals surface area contributed by atoms with E-state index in [0.717, 1.165) is 12.1 Å². The van der Waals surface area contributed by atoms with Crippen LogP contribution in [-0.4, -0.2) is 16.7 Å². The quantitative estimate of drug-likeness (QED) is 0.348. The van der Waals surface area contributed by atoms with Gasteiger partial charge in [0.15, 0.2) is 0 Å². The number of carbonyl (C=O) groups is 1. The number of amides is 1. The number of carbonyl (C=O) groups excluding carboxylic acids is 1. The highest BCUT2D eigenvalue weighted by Crippen LogP contribution is 2.09. The first-order valence-electron chi connectivity index (χ1n) is 4.05. The molecule has 1 rings (SSSR count). The fourth-order valence-electron chi connectivity index (χ4n) is 0.909. The van der Waals surface area contributed by atoms with Gasteiger partial charge in [0, 0.05) is 5.69 Å². The molecule has 16 heavy (non-hydrogen) atoms. The molecule has 82 valence electrons. The lowest BCUT2D eigenvalue weighted by Crippen LogP contribution is -2.20. The summed E-state index contributed by atoms with van der Waals surface area (Å²) in [6.45, 7) is 0. The van der Waals surface area contributed by atoms with Crippen LogP contribution in [0.3, 0.4) is 0 Å². The highest BCUT2D eigenvalue weighted by molar-refractivity contribution is 6.06. The normalized spacial score (nSPS) is 9.06. The van der Waals surface area contributed by atoms with Gasteiger partial charge in [-0.2, -0.15) is 0 Å². The number of benzene rings is 1. The second-order valence-corrected chi connectivity index (χ2v) is 2.69. The molecule has 1 aromatic rings. The fourth-order valence-corrected chi connectivity index (χ4v) is 0.909. The van der Waals surface area contributed by atoms with Crippen LogP contribution in [-0.2, 0) is 4.79 Å². The Kier molecular flexibility index (Phi) is 3.47. The van der Waals surface area contributed by atoms with Crippen molar-refractivity contribution in [1.82, 2.24) is 0 Å². The van der Waals surface area contributed by atoms with Crippen LogP contribution in [0.5, 0.6) is 0 Å². The van der Waals surface area contributed by atoms with Gasteiger partial charge in [-0.3, -0.25) is 20.3 Å². The van der Waals surface area contributed by atoms with E-state index in [4.69, 9.17) is 5.41 Å². The number of hydrogen-bond acceptors (Lipinski definition) is 4. The second-order valence-electron chi connectivity index (χ2n) is 2.69. The van der Waals surface area contributed by atoms with Crippen molar-refractivity contribution >= 4 is 17.5 Å². The Morgan fingerprint density at radius 3 is 2.44 bits per heavy atom. The summed E-state index contributed by atoms with van der Waals surface area (Å²) in [4.78, 5) is 20.5. The van der Waals surface area contributed by atoms with E-state index in [-0.39, 0.29) is 5.69 Å². The van der Waals surface area contributed by atoms with Gasteiger partial charge in [-0.15, -0.1) is 0 Å². The average molecular weight is 223 g/mol. The summed E-state index contributed by atoms with van der Waals surface area (Å²) in [5.74, 6) is -0.153. The number of anilines is 1. The van der Waals surface area contributed by atoms with Crippen LogP contribution in [0.25, 0.3) is 0 Å². The van der Waals surface area contributed by atoms with E-state index in [0.29, 0.717) is 0 Å². The van der Waals surface area contributed by atoms with E-state index in [1.807, 2.05) is 0 Å². The van der Waals surface area contributed by atoms with E-state index in [1.165, 1.54) is 18.0 Å². The lowest BCUT2D eigenvalue weighted by Gasteiger charge is -2.01. The van der Waals surface area contributed by atoms with Crippen LogP contribution in [0.15, 0.2) is 30.0 Å². The molecule has 0 saturated carbocycles. The van der Waals surface area contributed by atoms with Gasteiger partial charge in [0.1, 0.15) is 5.82 Å². The molecule has 0 radical (unpaired) electrons. The third-order valence-electron chi connectivity index (χ3n) is 1.62. The Hall–Kier alpha value is -2.53. The first kappa shape index (κ1) is 11.5. The lowest BCUT2D eigenvalue weighted by molar-refractivity contribution is -0.415. The summed E-state index contributed by atoms with van der Waals surface area (Å²) in [6.07, 6.45) is 0. The molecule has 6 nitrogen and oxygen atoms in total. The van der Waals surface area contributed by atoms with E-state index in [1.54, 1.807) is 0 Å². The summed E-state index contributed by atoms with van der Waals surface area (Å²) in [6, 6.07) is 4.68. The van der Waals surface area contributed by atoms with Gasteiger partial charge in [-0.25, -0.2) is 4.39 Å². The summed E-state index contributed by atoms with van der Waals surface area (Å²) < 4.78 is 12.5. The molecule has 0 saturated heterocycles. The number of nitrogens with one attached hydrogen (secondary N) is 2. The van der Waals surface area contributed by atoms with Crippen molar-refractivity contribution < 1.29 is 14.1 Å². The maximum absolute atomic E-state index is 12.5. The first-order valence-corrected chi connectivity index (χ1v) is 4.05. The predicted molar refractivity (Wildman–Crippen MR) is 53.3 cm³/mol. The van der Waals surface area contributed by atoms with Gasteiger partial charge in [0.25, 0.3) is 0 Å². The Morgan fingerprint density at radius 1 is 1.44 bits per heavy atom. The zero-order chi connectivity index (χ0) is 12.1. The molecule has 0 aromatic heterocycles. The van der Waals surface area contributed by atoms with Gasteiger partial charge in [-0.1, -0.05) is 0 Å². The molecule has 0 aliphatic rings. The molecule has 0 fully saturated rings.